The number of aromatic carboxylic acids is 1. The lowest BCUT2D eigenvalue weighted by Crippen LogP contribution is -2.16. The van der Waals surface area contributed by atoms with E-state index in [1.807, 2.05) is 30.3 Å². The van der Waals surface area contributed by atoms with Crippen molar-refractivity contribution in [2.75, 3.05) is 12.4 Å². The highest BCUT2D eigenvalue weighted by Crippen LogP contribution is 2.29. The number of benzene rings is 3. The second-order valence-corrected chi connectivity index (χ2v) is 7.09. The Balaban J connectivity index is 1.62. The summed E-state index contributed by atoms with van der Waals surface area (Å²) in [5, 5.41) is 22.6. The summed E-state index contributed by atoms with van der Waals surface area (Å²) in [6.07, 6.45) is 0. The molecular formula is C21H15N3O4S. The largest absolute Gasteiger partial charge is 0.497 e. The van der Waals surface area contributed by atoms with Gasteiger partial charge in [-0.3, -0.25) is 10.1 Å². The molecule has 0 aliphatic rings. The number of rotatable bonds is 5. The number of carboxylic acid groups (broad SMARTS) is 1. The molecule has 1 aromatic heterocycles. The van der Waals surface area contributed by atoms with Crippen LogP contribution in [0.2, 0.25) is 0 Å². The zero-order chi connectivity index (χ0) is 20.4. The molecular weight excluding hydrogens is 390 g/mol. The minimum atomic E-state index is -1.16. The first-order valence-corrected chi connectivity index (χ1v) is 9.43. The molecule has 0 aliphatic carbocycles. The lowest BCUT2D eigenvalue weighted by atomic mass is 9.98. The van der Waals surface area contributed by atoms with Crippen molar-refractivity contribution in [1.82, 2.24) is 10.2 Å². The molecule has 0 spiro atoms. The van der Waals surface area contributed by atoms with Crippen LogP contribution in [0.25, 0.3) is 21.3 Å². The van der Waals surface area contributed by atoms with Gasteiger partial charge in [0.1, 0.15) is 10.8 Å². The van der Waals surface area contributed by atoms with E-state index < -0.39 is 11.9 Å². The number of carbonyl (C=O) groups excluding carboxylic acids is 1. The number of aromatic nitrogens is 2. The highest BCUT2D eigenvalue weighted by Gasteiger charge is 2.21. The number of methoxy groups -OCH3 is 1. The predicted molar refractivity (Wildman–Crippen MR) is 111 cm³/mol. The van der Waals surface area contributed by atoms with Crippen LogP contribution in [0.5, 0.6) is 5.75 Å². The molecule has 0 unspecified atom stereocenters. The molecule has 144 valence electrons. The number of carboxylic acids is 1. The summed E-state index contributed by atoms with van der Waals surface area (Å²) in [7, 11) is 1.59. The van der Waals surface area contributed by atoms with Crippen LogP contribution in [-0.4, -0.2) is 34.3 Å². The van der Waals surface area contributed by atoms with E-state index in [0.29, 0.717) is 10.4 Å². The van der Waals surface area contributed by atoms with Crippen LogP contribution in [0, 0.1) is 0 Å². The third-order valence-electron chi connectivity index (χ3n) is 4.37. The van der Waals surface area contributed by atoms with Crippen molar-refractivity contribution in [3.8, 4) is 16.3 Å². The standard InChI is InChI=1S/C21H15N3O4S/c1-28-14-9-6-13(7-10-14)19-23-24-21(29-19)22-18(25)16-11-8-12-4-2-3-5-15(12)17(16)20(26)27/h2-11H,1H3,(H,26,27)(H,22,24,25). The summed E-state index contributed by atoms with van der Waals surface area (Å²) < 4.78 is 5.14. The average molecular weight is 405 g/mol. The molecule has 29 heavy (non-hydrogen) atoms. The highest BCUT2D eigenvalue weighted by atomic mass is 32.1. The SMILES string of the molecule is COc1ccc(-c2nnc(NC(=O)c3ccc4ccccc4c3C(=O)O)s2)cc1. The number of amides is 1. The Morgan fingerprint density at radius 2 is 1.76 bits per heavy atom. The second-order valence-electron chi connectivity index (χ2n) is 6.11. The molecule has 0 radical (unpaired) electrons. The van der Waals surface area contributed by atoms with Gasteiger partial charge in [0.15, 0.2) is 0 Å². The summed E-state index contributed by atoms with van der Waals surface area (Å²) >= 11 is 1.20. The number of carbonyl (C=O) groups is 2. The van der Waals surface area contributed by atoms with E-state index in [1.54, 1.807) is 31.4 Å². The van der Waals surface area contributed by atoms with Gasteiger partial charge in [-0.15, -0.1) is 10.2 Å². The van der Waals surface area contributed by atoms with Crippen molar-refractivity contribution in [2.45, 2.75) is 0 Å². The number of fused-ring (bicyclic) bond motifs is 1. The summed E-state index contributed by atoms with van der Waals surface area (Å²) in [6.45, 7) is 0. The van der Waals surface area contributed by atoms with Crippen molar-refractivity contribution >= 4 is 39.1 Å². The maximum absolute atomic E-state index is 12.8. The predicted octanol–water partition coefficient (Wildman–Crippen LogP) is 4.32. The fourth-order valence-electron chi connectivity index (χ4n) is 2.98. The molecule has 8 heteroatoms. The van der Waals surface area contributed by atoms with Crippen molar-refractivity contribution in [1.29, 1.82) is 0 Å². The van der Waals surface area contributed by atoms with E-state index in [1.165, 1.54) is 17.4 Å². The summed E-state index contributed by atoms with van der Waals surface area (Å²) in [5.74, 6) is -0.988. The number of nitrogens with one attached hydrogen (secondary N) is 1. The smallest absolute Gasteiger partial charge is 0.337 e. The summed E-state index contributed by atoms with van der Waals surface area (Å²) in [6, 6.07) is 17.6. The molecule has 1 amide bonds. The molecule has 0 atom stereocenters. The van der Waals surface area contributed by atoms with Gasteiger partial charge in [-0.25, -0.2) is 4.79 Å². The number of ether oxygens (including phenoxy) is 1. The van der Waals surface area contributed by atoms with E-state index in [9.17, 15) is 14.7 Å². The molecule has 0 fully saturated rings. The van der Waals surface area contributed by atoms with Crippen molar-refractivity contribution in [2.24, 2.45) is 0 Å². The monoisotopic (exact) mass is 405 g/mol. The Morgan fingerprint density at radius 1 is 1.00 bits per heavy atom. The molecule has 3 aromatic carbocycles. The van der Waals surface area contributed by atoms with Crippen LogP contribution in [-0.2, 0) is 0 Å². The average Bonchev–Trinajstić information content (AvgIpc) is 3.21. The number of anilines is 1. The van der Waals surface area contributed by atoms with Gasteiger partial charge < -0.3 is 9.84 Å². The van der Waals surface area contributed by atoms with Crippen LogP contribution >= 0.6 is 11.3 Å². The number of hydrogen-bond acceptors (Lipinski definition) is 6. The summed E-state index contributed by atoms with van der Waals surface area (Å²) in [5.41, 5.74) is 0.860. The third-order valence-corrected chi connectivity index (χ3v) is 5.26. The van der Waals surface area contributed by atoms with Gasteiger partial charge in [-0.05, 0) is 41.1 Å². The fraction of sp³-hybridized carbons (Fsp3) is 0.0476. The Bertz CT molecular complexity index is 1220. The highest BCUT2D eigenvalue weighted by molar-refractivity contribution is 7.18. The molecule has 2 N–H and O–H groups in total. The Kier molecular flexibility index (Phi) is 4.92. The van der Waals surface area contributed by atoms with Crippen LogP contribution < -0.4 is 10.1 Å². The van der Waals surface area contributed by atoms with E-state index in [0.717, 1.165) is 16.7 Å². The lowest BCUT2D eigenvalue weighted by Gasteiger charge is -2.09. The quantitative estimate of drug-likeness (QED) is 0.513. The number of hydrogen-bond donors (Lipinski definition) is 2. The van der Waals surface area contributed by atoms with E-state index in [4.69, 9.17) is 4.74 Å². The second kappa shape index (κ2) is 7.69. The van der Waals surface area contributed by atoms with Crippen LogP contribution in [0.1, 0.15) is 20.7 Å². The van der Waals surface area contributed by atoms with Gasteiger partial charge in [0.2, 0.25) is 5.13 Å². The molecule has 4 aromatic rings. The van der Waals surface area contributed by atoms with Crippen molar-refractivity contribution in [3.63, 3.8) is 0 Å². The third kappa shape index (κ3) is 3.65. The van der Waals surface area contributed by atoms with Gasteiger partial charge in [0.25, 0.3) is 5.91 Å². The summed E-state index contributed by atoms with van der Waals surface area (Å²) in [4.78, 5) is 24.6. The lowest BCUT2D eigenvalue weighted by molar-refractivity contribution is 0.0695. The molecule has 0 aliphatic heterocycles. The van der Waals surface area contributed by atoms with Gasteiger partial charge in [-0.1, -0.05) is 41.7 Å². The zero-order valence-electron chi connectivity index (χ0n) is 15.2. The molecule has 0 saturated heterocycles. The fourth-order valence-corrected chi connectivity index (χ4v) is 3.72. The molecule has 0 saturated carbocycles. The Morgan fingerprint density at radius 3 is 2.48 bits per heavy atom. The van der Waals surface area contributed by atoms with E-state index in [2.05, 4.69) is 15.5 Å². The topological polar surface area (TPSA) is 101 Å². The van der Waals surface area contributed by atoms with Gasteiger partial charge in [0, 0.05) is 5.56 Å². The Labute approximate surface area is 169 Å². The molecule has 0 bridgehead atoms. The van der Waals surface area contributed by atoms with Crippen molar-refractivity contribution in [3.05, 3.63) is 71.8 Å². The van der Waals surface area contributed by atoms with Gasteiger partial charge in [0.05, 0.1) is 18.2 Å². The zero-order valence-corrected chi connectivity index (χ0v) is 16.1. The van der Waals surface area contributed by atoms with Crippen molar-refractivity contribution < 1.29 is 19.4 Å². The first-order valence-electron chi connectivity index (χ1n) is 8.61. The normalized spacial score (nSPS) is 10.7. The minimum absolute atomic E-state index is 0.0412. The molecule has 7 nitrogen and oxygen atoms in total. The van der Waals surface area contributed by atoms with Gasteiger partial charge >= 0.3 is 5.97 Å². The maximum atomic E-state index is 12.8. The minimum Gasteiger partial charge on any atom is -0.497 e. The number of nitrogens with zero attached hydrogens (tertiary/aromatic N) is 2. The van der Waals surface area contributed by atoms with Crippen LogP contribution in [0.3, 0.4) is 0 Å². The van der Waals surface area contributed by atoms with Gasteiger partial charge in [-0.2, -0.15) is 0 Å². The van der Waals surface area contributed by atoms with Crippen LogP contribution in [0.15, 0.2) is 60.7 Å². The molecule has 4 rings (SSSR count). The first kappa shape index (κ1) is 18.6. The maximum Gasteiger partial charge on any atom is 0.337 e. The Hall–Kier alpha value is -3.78. The van der Waals surface area contributed by atoms with E-state index >= 15 is 0 Å². The van der Waals surface area contributed by atoms with Crippen LogP contribution in [0.4, 0.5) is 5.13 Å². The molecule has 1 heterocycles. The first-order chi connectivity index (χ1) is 14.1. The van der Waals surface area contributed by atoms with E-state index in [-0.39, 0.29) is 16.3 Å².